The van der Waals surface area contributed by atoms with Crippen LogP contribution in [0.15, 0.2) is 24.3 Å². The Labute approximate surface area is 123 Å². The van der Waals surface area contributed by atoms with Crippen molar-refractivity contribution in [3.8, 4) is 0 Å². The average molecular weight is 295 g/mol. The molecule has 1 aliphatic carbocycles. The number of hydrogen-bond acceptors (Lipinski definition) is 2. The van der Waals surface area contributed by atoms with E-state index in [2.05, 4.69) is 0 Å². The summed E-state index contributed by atoms with van der Waals surface area (Å²) >= 11 is 6.26. The van der Waals surface area contributed by atoms with Crippen LogP contribution in [0.1, 0.15) is 30.9 Å². The maximum Gasteiger partial charge on any atom is 0.303 e. The number of carboxylic acids is 1. The molecule has 0 aliphatic heterocycles. The standard InChI is InChI=1S/C16H19ClO3/c1-10-13(14(17)9-15(10)18)8-12-4-2-3-11(7-12)5-6-16(19)20/h2-4,7,10,13-14H,5-6,8-9H2,1H3,(H,19,20)/t10-,13-,14?/m1/s1. The van der Waals surface area contributed by atoms with E-state index >= 15 is 0 Å². The van der Waals surface area contributed by atoms with Gasteiger partial charge >= 0.3 is 5.97 Å². The maximum absolute atomic E-state index is 11.7. The van der Waals surface area contributed by atoms with Crippen molar-refractivity contribution in [3.63, 3.8) is 0 Å². The predicted octanol–water partition coefficient (Wildman–Crippen LogP) is 3.08. The molecule has 0 bridgehead atoms. The first-order valence-corrected chi connectivity index (χ1v) is 7.37. The minimum atomic E-state index is -0.786. The van der Waals surface area contributed by atoms with E-state index in [4.69, 9.17) is 16.7 Å². The van der Waals surface area contributed by atoms with Crippen molar-refractivity contribution >= 4 is 23.4 Å². The number of aryl methyl sites for hydroxylation is 1. The zero-order chi connectivity index (χ0) is 14.7. The van der Waals surface area contributed by atoms with Crippen LogP contribution in [0.3, 0.4) is 0 Å². The van der Waals surface area contributed by atoms with Gasteiger partial charge in [-0.1, -0.05) is 31.2 Å². The largest absolute Gasteiger partial charge is 0.481 e. The Hall–Kier alpha value is -1.35. The van der Waals surface area contributed by atoms with Gasteiger partial charge in [-0.15, -0.1) is 11.6 Å². The fourth-order valence-corrected chi connectivity index (χ4v) is 3.28. The van der Waals surface area contributed by atoms with Gasteiger partial charge < -0.3 is 5.11 Å². The van der Waals surface area contributed by atoms with E-state index in [1.54, 1.807) is 0 Å². The highest BCUT2D eigenvalue weighted by atomic mass is 35.5. The summed E-state index contributed by atoms with van der Waals surface area (Å²) in [6, 6.07) is 7.93. The number of halogens is 1. The summed E-state index contributed by atoms with van der Waals surface area (Å²) in [5.41, 5.74) is 2.15. The molecule has 1 N–H and O–H groups in total. The summed E-state index contributed by atoms with van der Waals surface area (Å²) in [7, 11) is 0. The van der Waals surface area contributed by atoms with E-state index in [9.17, 15) is 9.59 Å². The molecule has 108 valence electrons. The summed E-state index contributed by atoms with van der Waals surface area (Å²) in [5, 5.41) is 8.63. The van der Waals surface area contributed by atoms with Gasteiger partial charge in [0.05, 0.1) is 0 Å². The van der Waals surface area contributed by atoms with Crippen molar-refractivity contribution < 1.29 is 14.7 Å². The fraction of sp³-hybridized carbons (Fsp3) is 0.500. The third-order valence-corrected chi connectivity index (χ3v) is 4.58. The Balaban J connectivity index is 2.04. The Kier molecular flexibility index (Phi) is 4.81. The fourth-order valence-electron chi connectivity index (χ4n) is 2.82. The van der Waals surface area contributed by atoms with Gasteiger partial charge in [0, 0.05) is 24.1 Å². The number of aliphatic carboxylic acids is 1. The highest BCUT2D eigenvalue weighted by molar-refractivity contribution is 6.23. The van der Waals surface area contributed by atoms with Gasteiger partial charge in [0.25, 0.3) is 0 Å². The van der Waals surface area contributed by atoms with E-state index in [0.717, 1.165) is 17.5 Å². The molecule has 1 unspecified atom stereocenters. The number of Topliss-reactive ketones (excluding diaryl/α,β-unsaturated/α-hetero) is 1. The second kappa shape index (κ2) is 6.40. The minimum Gasteiger partial charge on any atom is -0.481 e. The zero-order valence-corrected chi connectivity index (χ0v) is 12.3. The minimum absolute atomic E-state index is 0.0141. The van der Waals surface area contributed by atoms with E-state index in [1.807, 2.05) is 31.2 Å². The van der Waals surface area contributed by atoms with Crippen molar-refractivity contribution in [2.24, 2.45) is 11.8 Å². The molecule has 0 spiro atoms. The van der Waals surface area contributed by atoms with Crippen LogP contribution in [0, 0.1) is 11.8 Å². The monoisotopic (exact) mass is 294 g/mol. The summed E-state index contributed by atoms with van der Waals surface area (Å²) in [6.07, 6.45) is 1.92. The number of alkyl halides is 1. The highest BCUT2D eigenvalue weighted by Gasteiger charge is 2.38. The lowest BCUT2D eigenvalue weighted by Gasteiger charge is -2.17. The van der Waals surface area contributed by atoms with E-state index in [-0.39, 0.29) is 29.4 Å². The quantitative estimate of drug-likeness (QED) is 0.849. The molecule has 1 saturated carbocycles. The molecule has 0 aromatic heterocycles. The Morgan fingerprint density at radius 1 is 1.40 bits per heavy atom. The van der Waals surface area contributed by atoms with Crippen molar-refractivity contribution in [3.05, 3.63) is 35.4 Å². The summed E-state index contributed by atoms with van der Waals surface area (Å²) < 4.78 is 0. The van der Waals surface area contributed by atoms with Crippen LogP contribution >= 0.6 is 11.6 Å². The van der Waals surface area contributed by atoms with Crippen molar-refractivity contribution in [1.29, 1.82) is 0 Å². The lowest BCUT2D eigenvalue weighted by molar-refractivity contribution is -0.137. The maximum atomic E-state index is 11.7. The molecule has 2 rings (SSSR count). The topological polar surface area (TPSA) is 54.4 Å². The Bertz CT molecular complexity index is 512. The Morgan fingerprint density at radius 2 is 2.10 bits per heavy atom. The van der Waals surface area contributed by atoms with Crippen LogP contribution in [-0.2, 0) is 22.4 Å². The van der Waals surface area contributed by atoms with Gasteiger partial charge in [-0.3, -0.25) is 9.59 Å². The normalized spacial score (nSPS) is 25.9. The van der Waals surface area contributed by atoms with Crippen LogP contribution in [0.25, 0.3) is 0 Å². The summed E-state index contributed by atoms with van der Waals surface area (Å²) in [4.78, 5) is 22.3. The first-order valence-electron chi connectivity index (χ1n) is 6.93. The van der Waals surface area contributed by atoms with E-state index in [0.29, 0.717) is 12.8 Å². The molecule has 3 nitrogen and oxygen atoms in total. The molecule has 0 heterocycles. The first-order chi connectivity index (χ1) is 9.47. The summed E-state index contributed by atoms with van der Waals surface area (Å²) in [6.45, 7) is 1.95. The van der Waals surface area contributed by atoms with Gasteiger partial charge in [-0.25, -0.2) is 0 Å². The number of benzene rings is 1. The highest BCUT2D eigenvalue weighted by Crippen LogP contribution is 2.35. The average Bonchev–Trinajstić information content (AvgIpc) is 2.64. The third kappa shape index (κ3) is 3.60. The second-order valence-corrected chi connectivity index (χ2v) is 6.12. The molecule has 1 aliphatic rings. The number of hydrogen-bond donors (Lipinski definition) is 1. The Morgan fingerprint density at radius 3 is 2.70 bits per heavy atom. The summed E-state index contributed by atoms with van der Waals surface area (Å²) in [5.74, 6) is -0.345. The number of carbonyl (C=O) groups excluding carboxylic acids is 1. The van der Waals surface area contributed by atoms with Gasteiger partial charge in [0.1, 0.15) is 5.78 Å². The first kappa shape index (κ1) is 15.0. The smallest absolute Gasteiger partial charge is 0.303 e. The lowest BCUT2D eigenvalue weighted by atomic mass is 9.89. The molecule has 0 saturated heterocycles. The van der Waals surface area contributed by atoms with E-state index in [1.165, 1.54) is 0 Å². The predicted molar refractivity (Wildman–Crippen MR) is 78.0 cm³/mol. The lowest BCUT2D eigenvalue weighted by Crippen LogP contribution is -2.17. The molecule has 0 amide bonds. The molecule has 1 fully saturated rings. The molecule has 0 radical (unpaired) electrons. The van der Waals surface area contributed by atoms with E-state index < -0.39 is 5.97 Å². The number of rotatable bonds is 5. The number of carbonyl (C=O) groups is 2. The van der Waals surface area contributed by atoms with Gasteiger partial charge in [0.2, 0.25) is 0 Å². The molecule has 1 aromatic carbocycles. The SMILES string of the molecule is C[C@H]1C(=O)CC(Cl)[C@@H]1Cc1cccc(CCC(=O)O)c1. The van der Waals surface area contributed by atoms with Crippen LogP contribution in [0.5, 0.6) is 0 Å². The van der Waals surface area contributed by atoms with Crippen LogP contribution < -0.4 is 0 Å². The molecule has 4 heteroatoms. The van der Waals surface area contributed by atoms with Crippen LogP contribution in [0.2, 0.25) is 0 Å². The molecule has 1 aromatic rings. The molecule has 20 heavy (non-hydrogen) atoms. The molecular formula is C16H19ClO3. The van der Waals surface area contributed by atoms with Crippen molar-refractivity contribution in [2.45, 2.75) is 38.0 Å². The van der Waals surface area contributed by atoms with Gasteiger partial charge in [-0.05, 0) is 29.9 Å². The van der Waals surface area contributed by atoms with Gasteiger partial charge in [0.15, 0.2) is 0 Å². The second-order valence-electron chi connectivity index (χ2n) is 5.56. The van der Waals surface area contributed by atoms with Gasteiger partial charge in [-0.2, -0.15) is 0 Å². The van der Waals surface area contributed by atoms with Crippen LogP contribution in [0.4, 0.5) is 0 Å². The number of ketones is 1. The molecular weight excluding hydrogens is 276 g/mol. The zero-order valence-electron chi connectivity index (χ0n) is 11.5. The van der Waals surface area contributed by atoms with Crippen LogP contribution in [-0.4, -0.2) is 22.2 Å². The third-order valence-electron chi connectivity index (χ3n) is 4.10. The number of carboxylic acid groups (broad SMARTS) is 1. The van der Waals surface area contributed by atoms with Crippen molar-refractivity contribution in [2.75, 3.05) is 0 Å². The van der Waals surface area contributed by atoms with Crippen molar-refractivity contribution in [1.82, 2.24) is 0 Å². The molecule has 3 atom stereocenters.